The number of pyridine rings is 1. The Labute approximate surface area is 114 Å². The second-order valence-corrected chi connectivity index (χ2v) is 6.43. The third kappa shape index (κ3) is 2.22. The number of fused-ring (bicyclic) bond motifs is 1. The fraction of sp³-hybridized carbons (Fsp3) is 0.417. The van der Waals surface area contributed by atoms with Crippen LogP contribution in [-0.2, 0) is 14.9 Å². The molecule has 2 aromatic rings. The molecule has 0 saturated carbocycles. The minimum absolute atomic E-state index is 0.266. The van der Waals surface area contributed by atoms with E-state index >= 15 is 0 Å². The number of carbonyl (C=O) groups excluding carboxylic acids is 1. The third-order valence-electron chi connectivity index (χ3n) is 2.82. The minimum Gasteiger partial charge on any atom is -0.468 e. The summed E-state index contributed by atoms with van der Waals surface area (Å²) in [5.41, 5.74) is 0.881. The van der Waals surface area contributed by atoms with Crippen LogP contribution in [0.4, 0.5) is 0 Å². The number of thioether (sulfide) groups is 1. The zero-order valence-corrected chi connectivity index (χ0v) is 12.3. The number of hydrogen-bond donors (Lipinski definition) is 0. The quantitative estimate of drug-likeness (QED) is 0.640. The molecular formula is C12H14N2O2S2. The van der Waals surface area contributed by atoms with Gasteiger partial charge in [-0.1, -0.05) is 11.8 Å². The summed E-state index contributed by atoms with van der Waals surface area (Å²) in [5, 5.41) is 0. The number of nitrogens with zero attached hydrogens (tertiary/aromatic N) is 2. The molecule has 0 bridgehead atoms. The van der Waals surface area contributed by atoms with Crippen molar-refractivity contribution in [3.05, 3.63) is 17.8 Å². The summed E-state index contributed by atoms with van der Waals surface area (Å²) in [6.07, 6.45) is 3.68. The lowest BCUT2D eigenvalue weighted by Gasteiger charge is -2.21. The number of carbonyl (C=O) groups is 1. The first-order chi connectivity index (χ1) is 8.48. The van der Waals surface area contributed by atoms with E-state index in [0.717, 1.165) is 20.3 Å². The maximum absolute atomic E-state index is 11.8. The van der Waals surface area contributed by atoms with Gasteiger partial charge in [-0.3, -0.25) is 4.79 Å². The van der Waals surface area contributed by atoms with Crippen LogP contribution in [0.3, 0.4) is 0 Å². The summed E-state index contributed by atoms with van der Waals surface area (Å²) in [7, 11) is 1.40. The number of hydrogen-bond acceptors (Lipinski definition) is 6. The van der Waals surface area contributed by atoms with Crippen molar-refractivity contribution in [3.63, 3.8) is 0 Å². The SMILES string of the molecule is COC(=O)C(C)(C)c1cnc2nc(SC)sc2c1. The summed E-state index contributed by atoms with van der Waals surface area (Å²) in [6, 6.07) is 1.97. The van der Waals surface area contributed by atoms with E-state index < -0.39 is 5.41 Å². The van der Waals surface area contributed by atoms with Gasteiger partial charge in [-0.2, -0.15) is 0 Å². The highest BCUT2D eigenvalue weighted by atomic mass is 32.2. The summed E-state index contributed by atoms with van der Waals surface area (Å²) in [5.74, 6) is -0.266. The minimum atomic E-state index is -0.695. The van der Waals surface area contributed by atoms with Crippen LogP contribution in [0, 0.1) is 0 Å². The number of rotatable bonds is 3. The van der Waals surface area contributed by atoms with E-state index in [1.54, 1.807) is 29.3 Å². The monoisotopic (exact) mass is 282 g/mol. The highest BCUT2D eigenvalue weighted by molar-refractivity contribution is 8.00. The van der Waals surface area contributed by atoms with Gasteiger partial charge in [0.1, 0.15) is 0 Å². The van der Waals surface area contributed by atoms with Crippen LogP contribution in [0.2, 0.25) is 0 Å². The van der Waals surface area contributed by atoms with Crippen molar-refractivity contribution < 1.29 is 9.53 Å². The van der Waals surface area contributed by atoms with Crippen molar-refractivity contribution in [2.45, 2.75) is 23.6 Å². The van der Waals surface area contributed by atoms with Crippen molar-refractivity contribution in [1.82, 2.24) is 9.97 Å². The van der Waals surface area contributed by atoms with Crippen LogP contribution in [0.1, 0.15) is 19.4 Å². The summed E-state index contributed by atoms with van der Waals surface area (Å²) >= 11 is 3.18. The highest BCUT2D eigenvalue weighted by Crippen LogP contribution is 2.31. The van der Waals surface area contributed by atoms with Crippen molar-refractivity contribution in [3.8, 4) is 0 Å². The topological polar surface area (TPSA) is 52.1 Å². The van der Waals surface area contributed by atoms with Gasteiger partial charge in [0.2, 0.25) is 0 Å². The molecule has 0 N–H and O–H groups in total. The van der Waals surface area contributed by atoms with Crippen LogP contribution in [0.5, 0.6) is 0 Å². The zero-order chi connectivity index (χ0) is 13.3. The van der Waals surface area contributed by atoms with Crippen molar-refractivity contribution >= 4 is 39.4 Å². The van der Waals surface area contributed by atoms with Gasteiger partial charge in [-0.15, -0.1) is 11.3 Å². The Hall–Kier alpha value is -1.14. The molecule has 18 heavy (non-hydrogen) atoms. The molecule has 96 valence electrons. The fourth-order valence-electron chi connectivity index (χ4n) is 1.60. The molecule has 0 fully saturated rings. The highest BCUT2D eigenvalue weighted by Gasteiger charge is 2.31. The zero-order valence-electron chi connectivity index (χ0n) is 10.7. The van der Waals surface area contributed by atoms with Crippen LogP contribution >= 0.6 is 23.1 Å². The van der Waals surface area contributed by atoms with Gasteiger partial charge in [0, 0.05) is 6.20 Å². The molecule has 0 amide bonds. The second-order valence-electron chi connectivity index (χ2n) is 4.35. The van der Waals surface area contributed by atoms with E-state index in [4.69, 9.17) is 4.74 Å². The number of aromatic nitrogens is 2. The van der Waals surface area contributed by atoms with Crippen LogP contribution < -0.4 is 0 Å². The molecule has 0 radical (unpaired) electrons. The summed E-state index contributed by atoms with van der Waals surface area (Å²) in [6.45, 7) is 3.66. The predicted octanol–water partition coefficient (Wildman–Crippen LogP) is 2.86. The molecule has 0 aliphatic rings. The first-order valence-electron chi connectivity index (χ1n) is 5.38. The van der Waals surface area contributed by atoms with E-state index in [2.05, 4.69) is 9.97 Å². The normalized spacial score (nSPS) is 11.8. The van der Waals surface area contributed by atoms with Gasteiger partial charge >= 0.3 is 5.97 Å². The molecule has 0 aliphatic heterocycles. The Morgan fingerprint density at radius 3 is 2.83 bits per heavy atom. The van der Waals surface area contributed by atoms with Gasteiger partial charge in [-0.05, 0) is 31.7 Å². The lowest BCUT2D eigenvalue weighted by molar-refractivity contribution is -0.146. The van der Waals surface area contributed by atoms with E-state index in [9.17, 15) is 4.79 Å². The third-order valence-corrected chi connectivity index (χ3v) is 4.80. The molecule has 0 spiro atoms. The first-order valence-corrected chi connectivity index (χ1v) is 7.42. The Kier molecular flexibility index (Phi) is 3.59. The Morgan fingerprint density at radius 1 is 1.50 bits per heavy atom. The van der Waals surface area contributed by atoms with E-state index in [-0.39, 0.29) is 5.97 Å². The van der Waals surface area contributed by atoms with Crippen molar-refractivity contribution in [2.75, 3.05) is 13.4 Å². The molecular weight excluding hydrogens is 268 g/mol. The average molecular weight is 282 g/mol. The van der Waals surface area contributed by atoms with Gasteiger partial charge in [0.15, 0.2) is 9.99 Å². The van der Waals surface area contributed by atoms with Gasteiger partial charge in [0.25, 0.3) is 0 Å². The molecule has 0 aromatic carbocycles. The predicted molar refractivity (Wildman–Crippen MR) is 74.2 cm³/mol. The van der Waals surface area contributed by atoms with Crippen molar-refractivity contribution in [2.24, 2.45) is 0 Å². The number of thiazole rings is 1. The van der Waals surface area contributed by atoms with Gasteiger partial charge < -0.3 is 4.74 Å². The fourth-order valence-corrected chi connectivity index (χ4v) is 3.08. The van der Waals surface area contributed by atoms with Crippen molar-refractivity contribution in [1.29, 1.82) is 0 Å². The summed E-state index contributed by atoms with van der Waals surface area (Å²) in [4.78, 5) is 20.4. The largest absolute Gasteiger partial charge is 0.468 e. The van der Waals surface area contributed by atoms with Gasteiger partial charge in [0.05, 0.1) is 17.2 Å². The Balaban J connectivity index is 2.49. The molecule has 4 nitrogen and oxygen atoms in total. The molecule has 2 rings (SSSR count). The second kappa shape index (κ2) is 4.85. The molecule has 0 atom stereocenters. The molecule has 6 heteroatoms. The van der Waals surface area contributed by atoms with Gasteiger partial charge in [-0.25, -0.2) is 9.97 Å². The standard InChI is InChI=1S/C12H14N2O2S2/c1-12(2,10(15)16-3)7-5-8-9(13-6-7)14-11(17-4)18-8/h5-6H,1-4H3. The summed E-state index contributed by atoms with van der Waals surface area (Å²) < 4.78 is 6.80. The number of methoxy groups -OCH3 is 1. The lowest BCUT2D eigenvalue weighted by Crippen LogP contribution is -2.30. The van der Waals surface area contributed by atoms with E-state index in [0.29, 0.717) is 0 Å². The van der Waals surface area contributed by atoms with Crippen LogP contribution in [-0.4, -0.2) is 29.3 Å². The van der Waals surface area contributed by atoms with Crippen LogP contribution in [0.25, 0.3) is 10.3 Å². The first kappa shape index (κ1) is 13.3. The molecule has 0 aliphatic carbocycles. The molecule has 0 saturated heterocycles. The Morgan fingerprint density at radius 2 is 2.22 bits per heavy atom. The number of esters is 1. The molecule has 2 heterocycles. The smallest absolute Gasteiger partial charge is 0.315 e. The maximum Gasteiger partial charge on any atom is 0.315 e. The number of ether oxygens (including phenoxy) is 1. The van der Waals surface area contributed by atoms with E-state index in [1.807, 2.05) is 26.2 Å². The Bertz CT molecular complexity index is 593. The maximum atomic E-state index is 11.8. The van der Waals surface area contributed by atoms with E-state index in [1.165, 1.54) is 7.11 Å². The average Bonchev–Trinajstić information content (AvgIpc) is 2.79. The van der Waals surface area contributed by atoms with Crippen LogP contribution in [0.15, 0.2) is 16.6 Å². The lowest BCUT2D eigenvalue weighted by atomic mass is 9.86. The molecule has 2 aromatic heterocycles. The molecule has 0 unspecified atom stereocenters.